The van der Waals surface area contributed by atoms with E-state index in [1.54, 1.807) is 23.2 Å². The summed E-state index contributed by atoms with van der Waals surface area (Å²) in [5.74, 6) is 0. The molecule has 0 radical (unpaired) electrons. The van der Waals surface area contributed by atoms with Crippen LogP contribution in [0.25, 0.3) is 5.69 Å². The number of anilines is 1. The van der Waals surface area contributed by atoms with Crippen LogP contribution in [-0.2, 0) is 4.74 Å². The van der Waals surface area contributed by atoms with Crippen LogP contribution in [0.15, 0.2) is 53.8 Å². The molecule has 0 amide bonds. The second-order valence-corrected chi connectivity index (χ2v) is 4.77. The molecule has 5 heteroatoms. The van der Waals surface area contributed by atoms with Gasteiger partial charge in [0.25, 0.3) is 0 Å². The topological polar surface area (TPSA) is 59.0 Å². The van der Waals surface area contributed by atoms with Gasteiger partial charge in [-0.1, -0.05) is 0 Å². The molecule has 0 fully saturated rings. The number of H-pyrrole nitrogens is 1. The van der Waals surface area contributed by atoms with Crippen LogP contribution in [0.2, 0.25) is 0 Å². The Morgan fingerprint density at radius 1 is 1.35 bits per heavy atom. The maximum absolute atomic E-state index is 11.5. The van der Waals surface area contributed by atoms with Crippen molar-refractivity contribution in [2.24, 2.45) is 0 Å². The Morgan fingerprint density at radius 2 is 2.20 bits per heavy atom. The summed E-state index contributed by atoms with van der Waals surface area (Å²) in [7, 11) is 0. The first kappa shape index (κ1) is 12.6. The molecule has 0 spiro atoms. The molecule has 0 saturated carbocycles. The minimum atomic E-state index is -0.131. The van der Waals surface area contributed by atoms with E-state index < -0.39 is 0 Å². The molecule has 3 rings (SSSR count). The number of nitrogens with zero attached hydrogens (tertiary/aromatic N) is 1. The van der Waals surface area contributed by atoms with E-state index >= 15 is 0 Å². The zero-order valence-corrected chi connectivity index (χ0v) is 11.1. The molecule has 0 bridgehead atoms. The van der Waals surface area contributed by atoms with Crippen molar-refractivity contribution in [2.45, 2.75) is 18.9 Å². The fourth-order valence-corrected chi connectivity index (χ4v) is 2.23. The second kappa shape index (κ2) is 5.69. The summed E-state index contributed by atoms with van der Waals surface area (Å²) in [6.07, 6.45) is 9.50. The van der Waals surface area contributed by atoms with Gasteiger partial charge in [-0.15, -0.1) is 0 Å². The summed E-state index contributed by atoms with van der Waals surface area (Å²) in [5, 5.41) is 3.35. The zero-order chi connectivity index (χ0) is 13.8. The van der Waals surface area contributed by atoms with Gasteiger partial charge in [-0.2, -0.15) is 0 Å². The van der Waals surface area contributed by atoms with Crippen LogP contribution in [-0.4, -0.2) is 22.2 Å². The summed E-state index contributed by atoms with van der Waals surface area (Å²) in [5.41, 5.74) is 1.74. The third-order valence-corrected chi connectivity index (χ3v) is 3.35. The number of hydrogen-bond acceptors (Lipinski definition) is 3. The van der Waals surface area contributed by atoms with E-state index in [1.807, 2.05) is 30.3 Å². The molecule has 5 nitrogen and oxygen atoms in total. The Hall–Kier alpha value is -2.43. The van der Waals surface area contributed by atoms with E-state index in [2.05, 4.69) is 10.3 Å². The van der Waals surface area contributed by atoms with Gasteiger partial charge < -0.3 is 15.0 Å². The van der Waals surface area contributed by atoms with E-state index in [4.69, 9.17) is 4.74 Å². The van der Waals surface area contributed by atoms with E-state index in [0.29, 0.717) is 0 Å². The van der Waals surface area contributed by atoms with Crippen LogP contribution < -0.4 is 11.0 Å². The van der Waals surface area contributed by atoms with Crippen LogP contribution >= 0.6 is 0 Å². The van der Waals surface area contributed by atoms with Crippen molar-refractivity contribution in [2.75, 3.05) is 11.9 Å². The van der Waals surface area contributed by atoms with Gasteiger partial charge in [-0.05, 0) is 43.2 Å². The lowest BCUT2D eigenvalue weighted by atomic mass is 10.1. The van der Waals surface area contributed by atoms with Crippen molar-refractivity contribution in [3.05, 3.63) is 59.5 Å². The quantitative estimate of drug-likeness (QED) is 0.896. The Labute approximate surface area is 116 Å². The van der Waals surface area contributed by atoms with Gasteiger partial charge >= 0.3 is 5.69 Å². The summed E-state index contributed by atoms with van der Waals surface area (Å²) >= 11 is 0. The van der Waals surface area contributed by atoms with Gasteiger partial charge in [-0.3, -0.25) is 4.57 Å². The third-order valence-electron chi connectivity index (χ3n) is 3.35. The molecule has 0 aliphatic carbocycles. The van der Waals surface area contributed by atoms with E-state index in [1.165, 1.54) is 0 Å². The molecule has 1 aliphatic rings. The number of aromatic nitrogens is 2. The molecule has 0 saturated heterocycles. The minimum absolute atomic E-state index is 0.131. The van der Waals surface area contributed by atoms with Crippen LogP contribution in [0.4, 0.5) is 5.69 Å². The summed E-state index contributed by atoms with van der Waals surface area (Å²) in [6.45, 7) is 0.786. The van der Waals surface area contributed by atoms with Gasteiger partial charge in [0.1, 0.15) is 6.10 Å². The predicted octanol–water partition coefficient (Wildman–Crippen LogP) is 2.27. The van der Waals surface area contributed by atoms with Crippen LogP contribution in [0.5, 0.6) is 0 Å². The smallest absolute Gasteiger partial charge is 0.330 e. The van der Waals surface area contributed by atoms with Crippen molar-refractivity contribution >= 4 is 5.69 Å². The monoisotopic (exact) mass is 271 g/mol. The zero-order valence-electron chi connectivity index (χ0n) is 11.1. The molecular formula is C15H17N3O2. The normalized spacial score (nSPS) is 17.7. The molecule has 2 N–H and O–H groups in total. The van der Waals surface area contributed by atoms with Crippen molar-refractivity contribution in [3.8, 4) is 5.69 Å². The molecule has 104 valence electrons. The number of allylic oxidation sites excluding steroid dienone is 1. The maximum atomic E-state index is 11.5. The molecular weight excluding hydrogens is 254 g/mol. The molecule has 20 heavy (non-hydrogen) atoms. The number of hydrogen-bond donors (Lipinski definition) is 2. The van der Waals surface area contributed by atoms with Gasteiger partial charge in [0.05, 0.1) is 18.5 Å². The highest BCUT2D eigenvalue weighted by atomic mass is 16.5. The largest absolute Gasteiger partial charge is 0.497 e. The predicted molar refractivity (Wildman–Crippen MR) is 78.1 cm³/mol. The molecule has 1 aliphatic heterocycles. The Morgan fingerprint density at radius 3 is 2.85 bits per heavy atom. The van der Waals surface area contributed by atoms with Gasteiger partial charge in [-0.25, -0.2) is 4.79 Å². The molecule has 1 aromatic heterocycles. The number of imidazole rings is 1. The molecule has 1 atom stereocenters. The standard InChI is InChI=1S/C15H17N3O2/c19-15-16-8-9-18(15)13-6-4-12(5-7-13)17-11-14-3-1-2-10-20-14/h2,4-10,14,17H,1,3,11H2,(H,16,19). The fraction of sp³-hybridized carbons (Fsp3) is 0.267. The van der Waals surface area contributed by atoms with Gasteiger partial charge in [0.15, 0.2) is 0 Å². The lowest BCUT2D eigenvalue weighted by Gasteiger charge is -2.20. The number of aromatic amines is 1. The maximum Gasteiger partial charge on any atom is 0.330 e. The Balaban J connectivity index is 1.63. The molecule has 1 unspecified atom stereocenters. The number of nitrogens with one attached hydrogen (secondary N) is 2. The average Bonchev–Trinajstić information content (AvgIpc) is 2.93. The average molecular weight is 271 g/mol. The summed E-state index contributed by atoms with van der Waals surface area (Å²) < 4.78 is 7.07. The number of ether oxygens (including phenoxy) is 1. The Kier molecular flexibility index (Phi) is 3.58. The minimum Gasteiger partial charge on any atom is -0.497 e. The first-order chi connectivity index (χ1) is 9.83. The highest BCUT2D eigenvalue weighted by Crippen LogP contribution is 2.14. The van der Waals surface area contributed by atoms with Gasteiger partial charge in [0.2, 0.25) is 0 Å². The fourth-order valence-electron chi connectivity index (χ4n) is 2.23. The SMILES string of the molecule is O=c1[nH]ccn1-c1ccc(NCC2CCC=CO2)cc1. The highest BCUT2D eigenvalue weighted by molar-refractivity contribution is 5.48. The highest BCUT2D eigenvalue weighted by Gasteiger charge is 2.10. The van der Waals surface area contributed by atoms with Crippen LogP contribution in [0.1, 0.15) is 12.8 Å². The molecule has 2 aromatic rings. The third kappa shape index (κ3) is 2.77. The van der Waals surface area contributed by atoms with Crippen molar-refractivity contribution in [1.29, 1.82) is 0 Å². The van der Waals surface area contributed by atoms with E-state index in [0.717, 1.165) is 30.8 Å². The van der Waals surface area contributed by atoms with Crippen LogP contribution in [0, 0.1) is 0 Å². The first-order valence-corrected chi connectivity index (χ1v) is 6.74. The van der Waals surface area contributed by atoms with Crippen molar-refractivity contribution in [3.63, 3.8) is 0 Å². The molecule has 2 heterocycles. The lowest BCUT2D eigenvalue weighted by Crippen LogP contribution is -2.23. The number of benzene rings is 1. The number of rotatable bonds is 4. The first-order valence-electron chi connectivity index (χ1n) is 6.74. The second-order valence-electron chi connectivity index (χ2n) is 4.77. The summed E-state index contributed by atoms with van der Waals surface area (Å²) in [4.78, 5) is 14.1. The summed E-state index contributed by atoms with van der Waals surface area (Å²) in [6, 6.07) is 7.76. The van der Waals surface area contributed by atoms with Crippen molar-refractivity contribution < 1.29 is 4.74 Å². The molecule has 1 aromatic carbocycles. The van der Waals surface area contributed by atoms with Gasteiger partial charge in [0, 0.05) is 18.1 Å². The lowest BCUT2D eigenvalue weighted by molar-refractivity contribution is 0.135. The van der Waals surface area contributed by atoms with Crippen molar-refractivity contribution in [1.82, 2.24) is 9.55 Å². The van der Waals surface area contributed by atoms with Crippen LogP contribution in [0.3, 0.4) is 0 Å². The Bertz CT molecular complexity index is 640. The van der Waals surface area contributed by atoms with E-state index in [-0.39, 0.29) is 11.8 Å². The van der Waals surface area contributed by atoms with E-state index in [9.17, 15) is 4.79 Å².